The molecule has 0 unspecified atom stereocenters. The van der Waals surface area contributed by atoms with Gasteiger partial charge in [0, 0.05) is 24.4 Å². The smallest absolute Gasteiger partial charge is 0.304 e. The fourth-order valence-corrected chi connectivity index (χ4v) is 4.72. The summed E-state index contributed by atoms with van der Waals surface area (Å²) >= 11 is 1.29. The summed E-state index contributed by atoms with van der Waals surface area (Å²) < 4.78 is 0. The molecule has 8 heteroatoms. The van der Waals surface area contributed by atoms with Gasteiger partial charge in [-0.15, -0.1) is 0 Å². The van der Waals surface area contributed by atoms with Gasteiger partial charge in [0.25, 0.3) is 0 Å². The van der Waals surface area contributed by atoms with Crippen molar-refractivity contribution in [2.75, 3.05) is 27.0 Å². The Morgan fingerprint density at radius 1 is 0.943 bits per heavy atom. The maximum absolute atomic E-state index is 13.0. The Balaban J connectivity index is 1.45. The summed E-state index contributed by atoms with van der Waals surface area (Å²) in [7, 11) is 0. The molecule has 180 valence electrons. The lowest BCUT2D eigenvalue weighted by molar-refractivity contribution is -0.136. The molecule has 0 aromatic heterocycles. The molecule has 0 radical (unpaired) electrons. The normalized spacial score (nSPS) is 14.7. The van der Waals surface area contributed by atoms with E-state index in [1.54, 1.807) is 0 Å². The van der Waals surface area contributed by atoms with E-state index in [9.17, 15) is 14.4 Å². The highest BCUT2D eigenvalue weighted by Crippen LogP contribution is 2.34. The van der Waals surface area contributed by atoms with Crippen LogP contribution in [-0.4, -0.2) is 40.4 Å². The van der Waals surface area contributed by atoms with Gasteiger partial charge in [-0.3, -0.25) is 14.4 Å². The van der Waals surface area contributed by atoms with Gasteiger partial charge >= 0.3 is 5.97 Å². The van der Waals surface area contributed by atoms with Crippen LogP contribution in [0.1, 0.15) is 17.5 Å². The van der Waals surface area contributed by atoms with Crippen LogP contribution in [0.5, 0.6) is 0 Å². The van der Waals surface area contributed by atoms with Gasteiger partial charge in [-0.05, 0) is 35.4 Å². The number of carboxylic acid groups (broad SMARTS) is 1. The Morgan fingerprint density at radius 2 is 1.66 bits per heavy atom. The molecule has 3 N–H and O–H groups in total. The van der Waals surface area contributed by atoms with Crippen LogP contribution in [0, 0.1) is 0 Å². The van der Waals surface area contributed by atoms with Crippen LogP contribution in [0.25, 0.3) is 0 Å². The average Bonchev–Trinajstić information content (AvgIpc) is 2.85. The highest BCUT2D eigenvalue weighted by Gasteiger charge is 2.32. The molecule has 3 aromatic rings. The number of hydrogen-bond acceptors (Lipinski definition) is 5. The lowest BCUT2D eigenvalue weighted by atomic mass is 9.99. The highest BCUT2D eigenvalue weighted by molar-refractivity contribution is 7.99. The number of nitrogens with one attached hydrogen (secondary N) is 2. The molecule has 4 rings (SSSR count). The second-order valence-electron chi connectivity index (χ2n) is 8.28. The number of carbonyl (C=O) groups excluding carboxylic acids is 2. The standard InChI is InChI=1S/C27H27N3O4S/c31-25(18-35-15-14-26(32)33)28-21-12-10-20(11-13-21)17-30-23-9-5-4-8-22(23)29-27(34)24(30)16-19-6-2-1-3-7-19/h1-13,24H,14-18H2,(H,28,31)(H,29,34)(H,32,33)/t24-/m0/s1. The summed E-state index contributed by atoms with van der Waals surface area (Å²) in [6.07, 6.45) is 0.629. The SMILES string of the molecule is O=C(O)CCSCC(=O)Nc1ccc(CN2c3ccccc3NC(=O)[C@@H]2Cc2ccccc2)cc1. The van der Waals surface area contributed by atoms with Gasteiger partial charge in [-0.1, -0.05) is 54.6 Å². The fraction of sp³-hybridized carbons (Fsp3) is 0.222. The van der Waals surface area contributed by atoms with E-state index >= 15 is 0 Å². The molecule has 0 fully saturated rings. The molecule has 0 bridgehead atoms. The van der Waals surface area contributed by atoms with E-state index in [0.717, 1.165) is 22.5 Å². The van der Waals surface area contributed by atoms with Crippen molar-refractivity contribution in [1.29, 1.82) is 0 Å². The topological polar surface area (TPSA) is 98.7 Å². The van der Waals surface area contributed by atoms with Gasteiger partial charge < -0.3 is 20.6 Å². The molecule has 1 aliphatic heterocycles. The molecule has 1 atom stereocenters. The zero-order valence-corrected chi connectivity index (χ0v) is 20.0. The fourth-order valence-electron chi connectivity index (χ4n) is 4.00. The summed E-state index contributed by atoms with van der Waals surface area (Å²) in [6.45, 7) is 0.543. The monoisotopic (exact) mass is 489 g/mol. The summed E-state index contributed by atoms with van der Waals surface area (Å²) in [5.74, 6) is -0.463. The van der Waals surface area contributed by atoms with Gasteiger partial charge in [0.15, 0.2) is 0 Å². The molecule has 1 aliphatic rings. The number of thioether (sulfide) groups is 1. The summed E-state index contributed by atoms with van der Waals surface area (Å²) in [4.78, 5) is 37.9. The molecular formula is C27H27N3O4S. The first-order chi connectivity index (χ1) is 17.0. The van der Waals surface area contributed by atoms with Gasteiger partial charge in [0.05, 0.1) is 23.5 Å². The van der Waals surface area contributed by atoms with Crippen LogP contribution in [0.4, 0.5) is 17.1 Å². The third-order valence-electron chi connectivity index (χ3n) is 5.71. The second kappa shape index (κ2) is 11.6. The molecule has 7 nitrogen and oxygen atoms in total. The molecule has 2 amide bonds. The zero-order chi connectivity index (χ0) is 24.6. The number of benzene rings is 3. The van der Waals surface area contributed by atoms with Crippen molar-refractivity contribution in [3.8, 4) is 0 Å². The third kappa shape index (κ3) is 6.64. The zero-order valence-electron chi connectivity index (χ0n) is 19.1. The Labute approximate surface area is 208 Å². The first-order valence-electron chi connectivity index (χ1n) is 11.4. The first kappa shape index (κ1) is 24.3. The molecular weight excluding hydrogens is 462 g/mol. The molecule has 0 aliphatic carbocycles. The minimum atomic E-state index is -0.867. The largest absolute Gasteiger partial charge is 0.481 e. The summed E-state index contributed by atoms with van der Waals surface area (Å²) in [5.41, 5.74) is 4.56. The van der Waals surface area contributed by atoms with Gasteiger partial charge in [-0.2, -0.15) is 11.8 Å². The van der Waals surface area contributed by atoms with Crippen LogP contribution < -0.4 is 15.5 Å². The van der Waals surface area contributed by atoms with Crippen LogP contribution in [0.15, 0.2) is 78.9 Å². The quantitative estimate of drug-likeness (QED) is 0.365. The van der Waals surface area contributed by atoms with Crippen LogP contribution in [-0.2, 0) is 27.3 Å². The number of carbonyl (C=O) groups is 3. The highest BCUT2D eigenvalue weighted by atomic mass is 32.2. The number of aliphatic carboxylic acids is 1. The van der Waals surface area contributed by atoms with Gasteiger partial charge in [0.2, 0.25) is 11.8 Å². The van der Waals surface area contributed by atoms with Crippen molar-refractivity contribution >= 4 is 46.6 Å². The van der Waals surface area contributed by atoms with Crippen molar-refractivity contribution in [1.82, 2.24) is 0 Å². The van der Waals surface area contributed by atoms with Crippen molar-refractivity contribution in [2.24, 2.45) is 0 Å². The van der Waals surface area contributed by atoms with Crippen molar-refractivity contribution in [3.05, 3.63) is 90.0 Å². The number of carboxylic acids is 1. The van der Waals surface area contributed by atoms with Crippen molar-refractivity contribution in [3.63, 3.8) is 0 Å². The van der Waals surface area contributed by atoms with Crippen LogP contribution >= 0.6 is 11.8 Å². The third-order valence-corrected chi connectivity index (χ3v) is 6.67. The predicted octanol–water partition coefficient (Wildman–Crippen LogP) is 4.40. The maximum atomic E-state index is 13.0. The van der Waals surface area contributed by atoms with Gasteiger partial charge in [0.1, 0.15) is 6.04 Å². The number of hydrogen-bond donors (Lipinski definition) is 3. The van der Waals surface area contributed by atoms with Crippen LogP contribution in [0.2, 0.25) is 0 Å². The number of fused-ring (bicyclic) bond motifs is 1. The average molecular weight is 490 g/mol. The lowest BCUT2D eigenvalue weighted by Gasteiger charge is -2.38. The number of para-hydroxylation sites is 2. The molecule has 3 aromatic carbocycles. The molecule has 35 heavy (non-hydrogen) atoms. The Kier molecular flexibility index (Phi) is 8.05. The Morgan fingerprint density at radius 3 is 2.40 bits per heavy atom. The summed E-state index contributed by atoms with van der Waals surface area (Å²) in [5, 5.41) is 14.6. The second-order valence-corrected chi connectivity index (χ2v) is 9.39. The maximum Gasteiger partial charge on any atom is 0.304 e. The van der Waals surface area contributed by atoms with E-state index < -0.39 is 5.97 Å². The minimum Gasteiger partial charge on any atom is -0.481 e. The van der Waals surface area contributed by atoms with Crippen LogP contribution in [0.3, 0.4) is 0 Å². The number of anilines is 3. The Hall–Kier alpha value is -3.78. The lowest BCUT2D eigenvalue weighted by Crippen LogP contribution is -2.49. The summed E-state index contributed by atoms with van der Waals surface area (Å²) in [6, 6.07) is 25.0. The van der Waals surface area contributed by atoms with E-state index in [-0.39, 0.29) is 30.0 Å². The predicted molar refractivity (Wildman–Crippen MR) is 140 cm³/mol. The Bertz CT molecular complexity index is 1180. The molecule has 1 heterocycles. The molecule has 0 saturated heterocycles. The van der Waals surface area contributed by atoms with Crippen molar-refractivity contribution < 1.29 is 19.5 Å². The van der Waals surface area contributed by atoms with E-state index in [4.69, 9.17) is 5.11 Å². The first-order valence-corrected chi connectivity index (χ1v) is 12.5. The minimum absolute atomic E-state index is 0.0307. The number of nitrogens with zero attached hydrogens (tertiary/aromatic N) is 1. The van der Waals surface area contributed by atoms with Crippen molar-refractivity contribution in [2.45, 2.75) is 25.4 Å². The van der Waals surface area contributed by atoms with E-state index in [1.807, 2.05) is 78.9 Å². The van der Waals surface area contributed by atoms with E-state index in [1.165, 1.54) is 11.8 Å². The number of amides is 2. The van der Waals surface area contributed by atoms with E-state index in [2.05, 4.69) is 15.5 Å². The van der Waals surface area contributed by atoms with E-state index in [0.29, 0.717) is 24.4 Å². The molecule has 0 saturated carbocycles. The van der Waals surface area contributed by atoms with Gasteiger partial charge in [-0.25, -0.2) is 0 Å². The number of rotatable bonds is 10. The molecule has 0 spiro atoms.